The van der Waals surface area contributed by atoms with Gasteiger partial charge in [-0.2, -0.15) is 4.52 Å². The summed E-state index contributed by atoms with van der Waals surface area (Å²) in [7, 11) is 0. The molecule has 7 heteroatoms. The fourth-order valence-electron chi connectivity index (χ4n) is 3.32. The molecule has 0 unspecified atom stereocenters. The Morgan fingerprint density at radius 1 is 1.43 bits per heavy atom. The lowest BCUT2D eigenvalue weighted by molar-refractivity contribution is -0.131. The number of carbonyl (C=O) groups is 1. The van der Waals surface area contributed by atoms with Crippen LogP contribution < -0.4 is 0 Å². The first-order valence-electron chi connectivity index (χ1n) is 7.64. The molecule has 3 heterocycles. The number of aliphatic carboxylic acids is 1. The van der Waals surface area contributed by atoms with Crippen LogP contribution in [0, 0.1) is 6.92 Å². The Kier molecular flexibility index (Phi) is 3.19. The van der Waals surface area contributed by atoms with Gasteiger partial charge in [0.05, 0.1) is 5.39 Å². The summed E-state index contributed by atoms with van der Waals surface area (Å²) in [5.74, 6) is 0.648. The van der Waals surface area contributed by atoms with Gasteiger partial charge in [-0.3, -0.25) is 0 Å². The highest BCUT2D eigenvalue weighted by Gasteiger charge is 2.25. The highest BCUT2D eigenvalue weighted by Crippen LogP contribution is 2.42. The third-order valence-electron chi connectivity index (χ3n) is 4.33. The normalized spacial score (nSPS) is 18.1. The Bertz CT molecular complexity index is 970. The van der Waals surface area contributed by atoms with Crippen molar-refractivity contribution in [3.05, 3.63) is 28.2 Å². The smallest absolute Gasteiger partial charge is 0.328 e. The Labute approximate surface area is 136 Å². The molecule has 3 aromatic heterocycles. The molecule has 0 radical (unpaired) electrons. The van der Waals surface area contributed by atoms with Crippen molar-refractivity contribution in [1.82, 2.24) is 19.6 Å². The first-order chi connectivity index (χ1) is 11.0. The Morgan fingerprint density at radius 3 is 3.04 bits per heavy atom. The molecular weight excluding hydrogens is 312 g/mol. The standard InChI is InChI=1S/C16H16N4O2S/c1-8-4-3-5-10-13(8)14-15-18-11(6-7-12(21)22)19-20(15)9(2)17-16(14)23-10/h6-8H,3-5H2,1-2H3,(H,21,22)/b7-6+/t8-/m0/s1. The van der Waals surface area contributed by atoms with Gasteiger partial charge in [0.2, 0.25) is 0 Å². The summed E-state index contributed by atoms with van der Waals surface area (Å²) >= 11 is 1.76. The Balaban J connectivity index is 2.03. The van der Waals surface area contributed by atoms with E-state index >= 15 is 0 Å². The van der Waals surface area contributed by atoms with Crippen LogP contribution in [-0.4, -0.2) is 30.7 Å². The van der Waals surface area contributed by atoms with E-state index < -0.39 is 5.97 Å². The molecule has 0 aromatic carbocycles. The third-order valence-corrected chi connectivity index (χ3v) is 5.49. The molecule has 0 amide bonds. The van der Waals surface area contributed by atoms with E-state index in [2.05, 4.69) is 17.0 Å². The maximum atomic E-state index is 10.7. The van der Waals surface area contributed by atoms with Crippen LogP contribution in [0.3, 0.4) is 0 Å². The summed E-state index contributed by atoms with van der Waals surface area (Å²) < 4.78 is 1.72. The second-order valence-corrected chi connectivity index (χ2v) is 7.03. The average Bonchev–Trinajstić information content (AvgIpc) is 3.06. The average molecular weight is 328 g/mol. The number of carboxylic acids is 1. The van der Waals surface area contributed by atoms with E-state index in [0.717, 1.165) is 34.2 Å². The van der Waals surface area contributed by atoms with Gasteiger partial charge < -0.3 is 5.11 Å². The molecule has 1 N–H and O–H groups in total. The number of hydrogen-bond acceptors (Lipinski definition) is 5. The molecule has 0 bridgehead atoms. The van der Waals surface area contributed by atoms with Crippen LogP contribution in [0.25, 0.3) is 21.9 Å². The van der Waals surface area contributed by atoms with Crippen molar-refractivity contribution in [2.45, 2.75) is 39.0 Å². The van der Waals surface area contributed by atoms with Gasteiger partial charge in [0, 0.05) is 11.0 Å². The molecule has 0 saturated carbocycles. The Hall–Kier alpha value is -2.28. The highest BCUT2D eigenvalue weighted by molar-refractivity contribution is 7.19. The molecule has 3 aromatic rings. The quantitative estimate of drug-likeness (QED) is 0.731. The monoisotopic (exact) mass is 328 g/mol. The molecule has 0 saturated heterocycles. The predicted molar refractivity (Wildman–Crippen MR) is 88.9 cm³/mol. The van der Waals surface area contributed by atoms with Crippen LogP contribution in [0.15, 0.2) is 6.08 Å². The van der Waals surface area contributed by atoms with Crippen LogP contribution in [-0.2, 0) is 11.2 Å². The van der Waals surface area contributed by atoms with Crippen molar-refractivity contribution in [2.24, 2.45) is 0 Å². The van der Waals surface area contributed by atoms with Crippen molar-refractivity contribution >= 4 is 39.2 Å². The van der Waals surface area contributed by atoms with E-state index in [1.54, 1.807) is 15.9 Å². The molecule has 0 aliphatic heterocycles. The summed E-state index contributed by atoms with van der Waals surface area (Å²) in [6.07, 6.45) is 5.98. The van der Waals surface area contributed by atoms with Gasteiger partial charge in [0.25, 0.3) is 0 Å². The number of nitrogens with zero attached hydrogens (tertiary/aromatic N) is 4. The van der Waals surface area contributed by atoms with E-state index in [1.807, 2.05) is 6.92 Å². The fraction of sp³-hybridized carbons (Fsp3) is 0.375. The first-order valence-corrected chi connectivity index (χ1v) is 8.46. The minimum atomic E-state index is -1.01. The largest absolute Gasteiger partial charge is 0.478 e. The summed E-state index contributed by atoms with van der Waals surface area (Å²) in [6, 6.07) is 0. The number of aryl methyl sites for hydroxylation is 2. The molecule has 1 atom stereocenters. The fourth-order valence-corrected chi connectivity index (χ4v) is 4.69. The zero-order valence-corrected chi connectivity index (χ0v) is 13.7. The molecule has 1 aliphatic rings. The molecule has 118 valence electrons. The SMILES string of the molecule is Cc1nc2sc3c(c2c2nc(/C=C/C(=O)O)nn12)[C@@H](C)CCC3. The van der Waals surface area contributed by atoms with Gasteiger partial charge in [-0.1, -0.05) is 6.92 Å². The van der Waals surface area contributed by atoms with Crippen molar-refractivity contribution in [3.63, 3.8) is 0 Å². The molecule has 0 fully saturated rings. The topological polar surface area (TPSA) is 80.4 Å². The lowest BCUT2D eigenvalue weighted by atomic mass is 9.87. The van der Waals surface area contributed by atoms with Gasteiger partial charge in [-0.15, -0.1) is 16.4 Å². The summed E-state index contributed by atoms with van der Waals surface area (Å²) in [5.41, 5.74) is 2.14. The summed E-state index contributed by atoms with van der Waals surface area (Å²) in [5, 5.41) is 14.2. The number of fused-ring (bicyclic) bond motifs is 5. The van der Waals surface area contributed by atoms with Crippen LogP contribution in [0.1, 0.15) is 47.8 Å². The minimum absolute atomic E-state index is 0.396. The number of thiophene rings is 1. The zero-order chi connectivity index (χ0) is 16.1. The van der Waals surface area contributed by atoms with Crippen LogP contribution in [0.5, 0.6) is 0 Å². The van der Waals surface area contributed by atoms with Crippen LogP contribution in [0.2, 0.25) is 0 Å². The third kappa shape index (κ3) is 2.23. The molecule has 1 aliphatic carbocycles. The van der Waals surface area contributed by atoms with Crippen molar-refractivity contribution in [3.8, 4) is 0 Å². The lowest BCUT2D eigenvalue weighted by Crippen LogP contribution is -2.05. The number of carboxylic acid groups (broad SMARTS) is 1. The van der Waals surface area contributed by atoms with E-state index in [9.17, 15) is 4.79 Å². The van der Waals surface area contributed by atoms with E-state index in [0.29, 0.717) is 11.7 Å². The van der Waals surface area contributed by atoms with Gasteiger partial charge in [0.1, 0.15) is 10.7 Å². The maximum absolute atomic E-state index is 10.7. The van der Waals surface area contributed by atoms with Crippen molar-refractivity contribution < 1.29 is 9.90 Å². The molecule has 0 spiro atoms. The maximum Gasteiger partial charge on any atom is 0.328 e. The Morgan fingerprint density at radius 2 is 2.26 bits per heavy atom. The van der Waals surface area contributed by atoms with Gasteiger partial charge in [-0.25, -0.2) is 14.8 Å². The van der Waals surface area contributed by atoms with Crippen LogP contribution >= 0.6 is 11.3 Å². The van der Waals surface area contributed by atoms with E-state index in [-0.39, 0.29) is 0 Å². The number of hydrogen-bond donors (Lipinski definition) is 1. The van der Waals surface area contributed by atoms with Crippen molar-refractivity contribution in [2.75, 3.05) is 0 Å². The van der Waals surface area contributed by atoms with Gasteiger partial charge >= 0.3 is 5.97 Å². The van der Waals surface area contributed by atoms with Gasteiger partial charge in [-0.05, 0) is 43.7 Å². The minimum Gasteiger partial charge on any atom is -0.478 e. The predicted octanol–water partition coefficient (Wildman–Crippen LogP) is 3.19. The molecular formula is C16H16N4O2S. The second kappa shape index (κ2) is 5.13. The number of rotatable bonds is 2. The summed E-state index contributed by atoms with van der Waals surface area (Å²) in [4.78, 5) is 22.4. The molecule has 4 rings (SSSR count). The first kappa shape index (κ1) is 14.3. The van der Waals surface area contributed by atoms with Crippen molar-refractivity contribution in [1.29, 1.82) is 0 Å². The molecule has 6 nitrogen and oxygen atoms in total. The number of aromatic nitrogens is 4. The van der Waals surface area contributed by atoms with Gasteiger partial charge in [0.15, 0.2) is 11.5 Å². The summed E-state index contributed by atoms with van der Waals surface area (Å²) in [6.45, 7) is 4.15. The lowest BCUT2D eigenvalue weighted by Gasteiger charge is -2.18. The second-order valence-electron chi connectivity index (χ2n) is 5.95. The molecule has 23 heavy (non-hydrogen) atoms. The zero-order valence-electron chi connectivity index (χ0n) is 12.9. The van der Waals surface area contributed by atoms with E-state index in [1.165, 1.54) is 29.4 Å². The van der Waals surface area contributed by atoms with E-state index in [4.69, 9.17) is 10.1 Å². The van der Waals surface area contributed by atoms with Crippen LogP contribution in [0.4, 0.5) is 0 Å². The highest BCUT2D eigenvalue weighted by atomic mass is 32.1.